The fourth-order valence-electron chi connectivity index (χ4n) is 1.86. The van der Waals surface area contributed by atoms with Gasteiger partial charge in [-0.2, -0.15) is 0 Å². The van der Waals surface area contributed by atoms with E-state index >= 15 is 0 Å². The van der Waals surface area contributed by atoms with Crippen LogP contribution in [-0.4, -0.2) is 42.0 Å². The van der Waals surface area contributed by atoms with Gasteiger partial charge >= 0.3 is 0 Å². The number of hydrogen-bond acceptors (Lipinski definition) is 5. The Hall–Kier alpha value is -0.200. The molecule has 13 heavy (non-hydrogen) atoms. The standard InChI is InChI=1S/C8H15NO4/c1-8(2)12-5-4(3-10)11-7(9)6(5)13-8/h4-7,10H,3,9H2,1-2H3/t4-,5-,6-,7?/m1/s1. The average Bonchev–Trinajstić information content (AvgIpc) is 2.47. The van der Waals surface area contributed by atoms with Crippen molar-refractivity contribution in [3.63, 3.8) is 0 Å². The van der Waals surface area contributed by atoms with Gasteiger partial charge in [0, 0.05) is 0 Å². The van der Waals surface area contributed by atoms with E-state index in [1.807, 2.05) is 13.8 Å². The molecular formula is C8H15NO4. The predicted molar refractivity (Wildman–Crippen MR) is 43.8 cm³/mol. The summed E-state index contributed by atoms with van der Waals surface area (Å²) in [6.07, 6.45) is -1.35. The number of hydrogen-bond donors (Lipinski definition) is 2. The molecule has 5 nitrogen and oxygen atoms in total. The van der Waals surface area contributed by atoms with E-state index in [9.17, 15) is 0 Å². The second-order valence-corrected chi connectivity index (χ2v) is 3.89. The highest BCUT2D eigenvalue weighted by Crippen LogP contribution is 2.36. The monoisotopic (exact) mass is 189 g/mol. The molecule has 0 amide bonds. The molecule has 2 aliphatic heterocycles. The van der Waals surface area contributed by atoms with Crippen LogP contribution in [0.2, 0.25) is 0 Å². The Kier molecular flexibility index (Phi) is 2.08. The Morgan fingerprint density at radius 1 is 1.31 bits per heavy atom. The zero-order valence-electron chi connectivity index (χ0n) is 7.77. The highest BCUT2D eigenvalue weighted by molar-refractivity contribution is 4.95. The van der Waals surface area contributed by atoms with E-state index in [1.165, 1.54) is 0 Å². The first-order chi connectivity index (χ1) is 6.03. The fraction of sp³-hybridized carbons (Fsp3) is 1.00. The smallest absolute Gasteiger partial charge is 0.164 e. The number of rotatable bonds is 1. The van der Waals surface area contributed by atoms with Crippen LogP contribution in [0.5, 0.6) is 0 Å². The minimum Gasteiger partial charge on any atom is -0.394 e. The van der Waals surface area contributed by atoms with E-state index in [0.717, 1.165) is 0 Å². The van der Waals surface area contributed by atoms with E-state index in [-0.39, 0.29) is 24.9 Å². The number of fused-ring (bicyclic) bond motifs is 1. The van der Waals surface area contributed by atoms with Gasteiger partial charge in [-0.05, 0) is 13.8 Å². The molecule has 1 unspecified atom stereocenters. The first kappa shape index (κ1) is 9.36. The molecule has 0 radical (unpaired) electrons. The minimum absolute atomic E-state index is 0.0890. The third-order valence-corrected chi connectivity index (χ3v) is 2.37. The molecule has 2 saturated heterocycles. The number of aliphatic hydroxyl groups excluding tert-OH is 1. The lowest BCUT2D eigenvalue weighted by Gasteiger charge is -2.21. The zero-order valence-corrected chi connectivity index (χ0v) is 7.77. The molecule has 0 aromatic heterocycles. The van der Waals surface area contributed by atoms with Crippen LogP contribution in [-0.2, 0) is 14.2 Å². The molecule has 3 N–H and O–H groups in total. The molecule has 0 aromatic rings. The van der Waals surface area contributed by atoms with Crippen molar-refractivity contribution in [1.29, 1.82) is 0 Å². The third-order valence-electron chi connectivity index (χ3n) is 2.37. The molecule has 0 aromatic carbocycles. The minimum atomic E-state index is -0.621. The molecule has 0 saturated carbocycles. The van der Waals surface area contributed by atoms with Crippen LogP contribution < -0.4 is 5.73 Å². The van der Waals surface area contributed by atoms with Gasteiger partial charge in [0.05, 0.1) is 6.61 Å². The summed E-state index contributed by atoms with van der Waals surface area (Å²) in [5, 5.41) is 8.98. The maximum absolute atomic E-state index is 8.98. The molecule has 0 aliphatic carbocycles. The Bertz CT molecular complexity index is 208. The van der Waals surface area contributed by atoms with Crippen LogP contribution in [0, 0.1) is 0 Å². The van der Waals surface area contributed by atoms with E-state index < -0.39 is 12.0 Å². The van der Waals surface area contributed by atoms with Crippen molar-refractivity contribution in [1.82, 2.24) is 0 Å². The van der Waals surface area contributed by atoms with Crippen LogP contribution in [0.4, 0.5) is 0 Å². The van der Waals surface area contributed by atoms with Crippen LogP contribution in [0.1, 0.15) is 13.8 Å². The van der Waals surface area contributed by atoms with Crippen molar-refractivity contribution in [2.24, 2.45) is 5.73 Å². The van der Waals surface area contributed by atoms with Gasteiger partial charge in [-0.25, -0.2) is 0 Å². The lowest BCUT2D eigenvalue weighted by Crippen LogP contribution is -2.35. The summed E-state index contributed by atoms with van der Waals surface area (Å²) in [5.74, 6) is -0.621. The molecule has 4 atom stereocenters. The SMILES string of the molecule is CC1(C)O[C@@H]2[C@@H](CO)OC(N)[C@@H]2O1. The van der Waals surface area contributed by atoms with Crippen LogP contribution in [0.3, 0.4) is 0 Å². The second kappa shape index (κ2) is 2.90. The first-order valence-electron chi connectivity index (χ1n) is 4.41. The molecule has 0 spiro atoms. The van der Waals surface area contributed by atoms with Crippen LogP contribution in [0.15, 0.2) is 0 Å². The zero-order chi connectivity index (χ0) is 9.64. The normalized spacial score (nSPS) is 48.0. The van der Waals surface area contributed by atoms with Gasteiger partial charge in [0.25, 0.3) is 0 Å². The number of nitrogens with two attached hydrogens (primary N) is 1. The van der Waals surface area contributed by atoms with Crippen molar-refractivity contribution >= 4 is 0 Å². The van der Waals surface area contributed by atoms with Crippen molar-refractivity contribution in [3.05, 3.63) is 0 Å². The summed E-state index contributed by atoms with van der Waals surface area (Å²) >= 11 is 0. The quantitative estimate of drug-likeness (QED) is 0.564. The van der Waals surface area contributed by atoms with E-state index in [0.29, 0.717) is 0 Å². The second-order valence-electron chi connectivity index (χ2n) is 3.89. The number of aliphatic hydroxyl groups is 1. The van der Waals surface area contributed by atoms with Crippen molar-refractivity contribution in [2.75, 3.05) is 6.61 Å². The summed E-state index contributed by atoms with van der Waals surface area (Å²) in [5.41, 5.74) is 5.67. The summed E-state index contributed by atoms with van der Waals surface area (Å²) in [4.78, 5) is 0. The fourth-order valence-corrected chi connectivity index (χ4v) is 1.86. The molecule has 5 heteroatoms. The van der Waals surface area contributed by atoms with E-state index in [1.54, 1.807) is 0 Å². The molecule has 76 valence electrons. The first-order valence-corrected chi connectivity index (χ1v) is 4.41. The lowest BCUT2D eigenvalue weighted by atomic mass is 10.1. The van der Waals surface area contributed by atoms with Crippen molar-refractivity contribution in [2.45, 2.75) is 44.2 Å². The maximum atomic E-state index is 8.98. The summed E-state index contributed by atoms with van der Waals surface area (Å²) in [6.45, 7) is 3.56. The van der Waals surface area contributed by atoms with Gasteiger partial charge in [0.2, 0.25) is 0 Å². The van der Waals surface area contributed by atoms with Gasteiger partial charge in [-0.3, -0.25) is 0 Å². The lowest BCUT2D eigenvalue weighted by molar-refractivity contribution is -0.189. The van der Waals surface area contributed by atoms with Gasteiger partial charge in [-0.15, -0.1) is 0 Å². The molecule has 0 bridgehead atoms. The van der Waals surface area contributed by atoms with Crippen LogP contribution >= 0.6 is 0 Å². The van der Waals surface area contributed by atoms with E-state index in [2.05, 4.69) is 0 Å². The molecule has 2 rings (SSSR count). The van der Waals surface area contributed by atoms with Gasteiger partial charge in [0.1, 0.15) is 24.5 Å². The third kappa shape index (κ3) is 1.47. The Labute approximate surface area is 76.8 Å². The van der Waals surface area contributed by atoms with Gasteiger partial charge in [-0.1, -0.05) is 0 Å². The van der Waals surface area contributed by atoms with Crippen LogP contribution in [0.25, 0.3) is 0 Å². The Morgan fingerprint density at radius 2 is 1.92 bits per heavy atom. The summed E-state index contributed by atoms with van der Waals surface area (Å²) in [7, 11) is 0. The Morgan fingerprint density at radius 3 is 2.54 bits per heavy atom. The molecular weight excluding hydrogens is 174 g/mol. The number of ether oxygens (including phenoxy) is 3. The summed E-state index contributed by atoms with van der Waals surface area (Å²) in [6, 6.07) is 0. The summed E-state index contributed by atoms with van der Waals surface area (Å²) < 4.78 is 16.3. The maximum Gasteiger partial charge on any atom is 0.164 e. The Balaban J connectivity index is 2.12. The predicted octanol–water partition coefficient (Wildman–Crippen LogP) is -0.818. The van der Waals surface area contributed by atoms with Gasteiger partial charge in [0.15, 0.2) is 5.79 Å². The highest BCUT2D eigenvalue weighted by atomic mass is 16.8. The molecule has 2 aliphatic rings. The van der Waals surface area contributed by atoms with Gasteiger partial charge < -0.3 is 25.1 Å². The average molecular weight is 189 g/mol. The van der Waals surface area contributed by atoms with Crippen molar-refractivity contribution < 1.29 is 19.3 Å². The highest BCUT2D eigenvalue weighted by Gasteiger charge is 2.53. The molecule has 2 fully saturated rings. The van der Waals surface area contributed by atoms with E-state index in [4.69, 9.17) is 25.1 Å². The van der Waals surface area contributed by atoms with Crippen molar-refractivity contribution in [3.8, 4) is 0 Å². The largest absolute Gasteiger partial charge is 0.394 e. The topological polar surface area (TPSA) is 73.9 Å². The molecule has 2 heterocycles.